The van der Waals surface area contributed by atoms with Crippen molar-refractivity contribution < 1.29 is 26.3 Å². The van der Waals surface area contributed by atoms with Crippen LogP contribution in [0.2, 0.25) is 0 Å². The highest BCUT2D eigenvalue weighted by Gasteiger charge is 2.29. The minimum Gasteiger partial charge on any atom is -0.454 e. The first-order valence-electron chi connectivity index (χ1n) is 7.78. The lowest BCUT2D eigenvalue weighted by molar-refractivity contribution is -0.154. The molecule has 9 nitrogen and oxygen atoms in total. The minimum atomic E-state index is -4.52. The second-order valence-electron chi connectivity index (χ2n) is 5.81. The van der Waals surface area contributed by atoms with Crippen LogP contribution in [0.4, 0.5) is 19.0 Å². The van der Waals surface area contributed by atoms with Gasteiger partial charge in [-0.15, -0.1) is 0 Å². The summed E-state index contributed by atoms with van der Waals surface area (Å²) in [6.07, 6.45) is -3.06. The number of alkyl halides is 3. The Morgan fingerprint density at radius 1 is 1.21 bits per heavy atom. The molecule has 0 spiro atoms. The summed E-state index contributed by atoms with van der Waals surface area (Å²) in [7, 11) is -2.22. The molecule has 0 bridgehead atoms. The number of fused-ring (bicyclic) bond motifs is 1. The second kappa shape index (κ2) is 7.24. The van der Waals surface area contributed by atoms with Gasteiger partial charge in [0, 0.05) is 13.6 Å². The van der Waals surface area contributed by atoms with Crippen LogP contribution in [0, 0.1) is 0 Å². The van der Waals surface area contributed by atoms with Crippen molar-refractivity contribution in [3.63, 3.8) is 0 Å². The maximum absolute atomic E-state index is 12.4. The molecule has 0 amide bonds. The Balaban J connectivity index is 1.83. The molecule has 3 aromatic rings. The average Bonchev–Trinajstić information content (AvgIpc) is 2.98. The van der Waals surface area contributed by atoms with Crippen LogP contribution in [0.15, 0.2) is 35.4 Å². The largest absolute Gasteiger partial charge is 0.454 e. The first kappa shape index (κ1) is 19.8. The van der Waals surface area contributed by atoms with Crippen molar-refractivity contribution in [3.05, 3.63) is 36.0 Å². The van der Waals surface area contributed by atoms with Gasteiger partial charge in [0.05, 0.1) is 16.5 Å². The van der Waals surface area contributed by atoms with Gasteiger partial charge in [-0.2, -0.15) is 28.2 Å². The maximum atomic E-state index is 12.4. The molecule has 0 aliphatic heterocycles. The number of nitrogens with zero attached hydrogens (tertiary/aromatic N) is 4. The summed E-state index contributed by atoms with van der Waals surface area (Å²) < 4.78 is 65.8. The van der Waals surface area contributed by atoms with Gasteiger partial charge in [-0.05, 0) is 17.7 Å². The predicted octanol–water partition coefficient (Wildman–Crippen LogP) is 1.56. The van der Waals surface area contributed by atoms with E-state index in [2.05, 4.69) is 25.1 Å². The molecule has 0 fully saturated rings. The van der Waals surface area contributed by atoms with Crippen molar-refractivity contribution in [2.75, 3.05) is 11.9 Å². The van der Waals surface area contributed by atoms with Crippen molar-refractivity contribution in [1.82, 2.24) is 19.7 Å². The molecule has 0 radical (unpaired) electrons. The lowest BCUT2D eigenvalue weighted by Crippen LogP contribution is -2.20. The molecule has 0 saturated heterocycles. The van der Waals surface area contributed by atoms with Crippen LogP contribution in [0.3, 0.4) is 0 Å². The average molecular weight is 416 g/mol. The van der Waals surface area contributed by atoms with Crippen LogP contribution in [0.5, 0.6) is 6.01 Å². The van der Waals surface area contributed by atoms with Gasteiger partial charge in [-0.25, -0.2) is 13.6 Å². The summed E-state index contributed by atoms with van der Waals surface area (Å²) in [6, 6.07) is 5.36. The quantitative estimate of drug-likeness (QED) is 0.625. The van der Waals surface area contributed by atoms with E-state index in [4.69, 9.17) is 5.14 Å². The van der Waals surface area contributed by atoms with E-state index in [1.807, 2.05) is 0 Å². The van der Waals surface area contributed by atoms with E-state index in [0.717, 1.165) is 0 Å². The van der Waals surface area contributed by atoms with Gasteiger partial charge in [0.25, 0.3) is 0 Å². The highest BCUT2D eigenvalue weighted by molar-refractivity contribution is 7.89. The molecular weight excluding hydrogens is 401 g/mol. The first-order chi connectivity index (χ1) is 13.0. The van der Waals surface area contributed by atoms with Gasteiger partial charge in [0.15, 0.2) is 12.3 Å². The van der Waals surface area contributed by atoms with Gasteiger partial charge < -0.3 is 10.1 Å². The Bertz CT molecular complexity index is 1100. The minimum absolute atomic E-state index is 0.0317. The fourth-order valence-electron chi connectivity index (χ4n) is 2.33. The lowest BCUT2D eigenvalue weighted by Gasteiger charge is -2.11. The SMILES string of the molecule is Cn1ncc2c(NCc3ccc(S(N)(=O)=O)cc3)nc(OCC(F)(F)F)nc21. The number of nitrogens with one attached hydrogen (secondary N) is 1. The normalized spacial score (nSPS) is 12.3. The van der Waals surface area contributed by atoms with Crippen LogP contribution in [0.1, 0.15) is 5.56 Å². The van der Waals surface area contributed by atoms with E-state index in [-0.39, 0.29) is 17.3 Å². The van der Waals surface area contributed by atoms with E-state index in [0.29, 0.717) is 16.6 Å². The van der Waals surface area contributed by atoms with Gasteiger partial charge in [-0.3, -0.25) is 4.68 Å². The summed E-state index contributed by atoms with van der Waals surface area (Å²) >= 11 is 0. The van der Waals surface area contributed by atoms with Crippen LogP contribution in [-0.4, -0.2) is 40.9 Å². The summed E-state index contributed by atoms with van der Waals surface area (Å²) in [5.41, 5.74) is 0.986. The zero-order chi connectivity index (χ0) is 20.5. The van der Waals surface area contributed by atoms with Crippen LogP contribution >= 0.6 is 0 Å². The molecule has 0 aliphatic rings. The molecule has 150 valence electrons. The number of primary sulfonamides is 1. The number of halogens is 3. The van der Waals surface area contributed by atoms with Crippen molar-refractivity contribution in [2.24, 2.45) is 12.2 Å². The molecule has 1 aromatic carbocycles. The third-order valence-electron chi connectivity index (χ3n) is 3.65. The Kier molecular flexibility index (Phi) is 5.12. The van der Waals surface area contributed by atoms with E-state index >= 15 is 0 Å². The van der Waals surface area contributed by atoms with E-state index < -0.39 is 28.8 Å². The predicted molar refractivity (Wildman–Crippen MR) is 93.0 cm³/mol. The second-order valence-corrected chi connectivity index (χ2v) is 7.37. The number of rotatable bonds is 6. The van der Waals surface area contributed by atoms with Crippen molar-refractivity contribution in [3.8, 4) is 6.01 Å². The number of nitrogens with two attached hydrogens (primary N) is 1. The smallest absolute Gasteiger partial charge is 0.422 e. The number of aromatic nitrogens is 4. The monoisotopic (exact) mass is 416 g/mol. The summed E-state index contributed by atoms with van der Waals surface area (Å²) in [5.74, 6) is 0.228. The van der Waals surface area contributed by atoms with E-state index in [1.165, 1.54) is 23.0 Å². The van der Waals surface area contributed by atoms with E-state index in [9.17, 15) is 21.6 Å². The van der Waals surface area contributed by atoms with Crippen LogP contribution in [-0.2, 0) is 23.6 Å². The zero-order valence-corrected chi connectivity index (χ0v) is 15.3. The zero-order valence-electron chi connectivity index (χ0n) is 14.4. The molecule has 2 aromatic heterocycles. The summed E-state index contributed by atoms with van der Waals surface area (Å²) in [6.45, 7) is -1.31. The number of hydrogen-bond acceptors (Lipinski definition) is 7. The van der Waals surface area contributed by atoms with Crippen molar-refractivity contribution in [1.29, 1.82) is 0 Å². The molecule has 28 heavy (non-hydrogen) atoms. The molecule has 0 atom stereocenters. The molecule has 3 N–H and O–H groups in total. The topological polar surface area (TPSA) is 125 Å². The Labute approximate surface area is 157 Å². The number of anilines is 1. The van der Waals surface area contributed by atoms with Gasteiger partial charge >= 0.3 is 12.2 Å². The first-order valence-corrected chi connectivity index (χ1v) is 9.32. The highest BCUT2D eigenvalue weighted by Crippen LogP contribution is 2.24. The highest BCUT2D eigenvalue weighted by atomic mass is 32.2. The summed E-state index contributed by atoms with van der Waals surface area (Å²) in [4.78, 5) is 7.88. The van der Waals surface area contributed by atoms with Gasteiger partial charge in [-0.1, -0.05) is 12.1 Å². The Hall–Kier alpha value is -2.93. The van der Waals surface area contributed by atoms with Crippen LogP contribution in [0.25, 0.3) is 11.0 Å². The van der Waals surface area contributed by atoms with Crippen molar-refractivity contribution >= 4 is 26.9 Å². The molecular formula is C15H15F3N6O3S. The molecule has 0 unspecified atom stereocenters. The lowest BCUT2D eigenvalue weighted by atomic mass is 10.2. The Morgan fingerprint density at radius 2 is 1.89 bits per heavy atom. The summed E-state index contributed by atoms with van der Waals surface area (Å²) in [5, 5.41) is 12.5. The maximum Gasteiger partial charge on any atom is 0.422 e. The fraction of sp³-hybridized carbons (Fsp3) is 0.267. The van der Waals surface area contributed by atoms with E-state index in [1.54, 1.807) is 19.2 Å². The molecule has 2 heterocycles. The molecule has 3 rings (SSSR count). The van der Waals surface area contributed by atoms with Gasteiger partial charge in [0.1, 0.15) is 5.82 Å². The number of ether oxygens (including phenoxy) is 1. The number of aryl methyl sites for hydroxylation is 1. The van der Waals surface area contributed by atoms with Crippen molar-refractivity contribution in [2.45, 2.75) is 17.6 Å². The number of benzene rings is 1. The van der Waals surface area contributed by atoms with Crippen LogP contribution < -0.4 is 15.2 Å². The molecule has 0 aliphatic carbocycles. The van der Waals surface area contributed by atoms with Gasteiger partial charge in [0.2, 0.25) is 10.0 Å². The fourth-order valence-corrected chi connectivity index (χ4v) is 2.85. The standard InChI is InChI=1S/C15H15F3N6O3S/c1-24-13-11(7-21-24)12(22-14(23-13)27-8-15(16,17)18)20-6-9-2-4-10(5-3-9)28(19,25)26/h2-5,7H,6,8H2,1H3,(H2,19,25,26)(H,20,22,23). The Morgan fingerprint density at radius 3 is 2.50 bits per heavy atom. The molecule has 0 saturated carbocycles. The third-order valence-corrected chi connectivity index (χ3v) is 4.58. The molecule has 13 heteroatoms. The number of sulfonamides is 1. The third kappa shape index (κ3) is 4.67. The number of hydrogen-bond donors (Lipinski definition) is 2.